The molecule has 0 atom stereocenters. The van der Waals surface area contributed by atoms with Gasteiger partial charge in [0.15, 0.2) is 5.13 Å². The lowest BCUT2D eigenvalue weighted by Crippen LogP contribution is -3.05. The monoisotopic (exact) mass is 428 g/mol. The molecule has 3 aromatic rings. The minimum atomic E-state index is -0.102. The quantitative estimate of drug-likeness (QED) is 0.599. The van der Waals surface area contributed by atoms with Gasteiger partial charge in [0.2, 0.25) is 0 Å². The summed E-state index contributed by atoms with van der Waals surface area (Å²) in [6.07, 6.45) is 0.878. The molecule has 0 fully saturated rings. The molecule has 7 heteroatoms. The number of fused-ring (bicyclic) bond motifs is 1. The van der Waals surface area contributed by atoms with Crippen molar-refractivity contribution in [3.8, 4) is 11.5 Å². The van der Waals surface area contributed by atoms with Gasteiger partial charge in [0.25, 0.3) is 5.91 Å². The van der Waals surface area contributed by atoms with E-state index in [1.807, 2.05) is 0 Å². The molecule has 1 amide bonds. The largest absolute Gasteiger partial charge is 0.497 e. The van der Waals surface area contributed by atoms with E-state index in [-0.39, 0.29) is 5.91 Å². The third kappa shape index (κ3) is 4.74. The summed E-state index contributed by atoms with van der Waals surface area (Å²) in [6, 6.07) is 9.45. The third-order valence-corrected chi connectivity index (χ3v) is 6.25. The summed E-state index contributed by atoms with van der Waals surface area (Å²) in [6.45, 7) is 5.73. The molecule has 1 N–H and O–H groups in total. The summed E-state index contributed by atoms with van der Waals surface area (Å²) in [5, 5.41) is 0.722. The van der Waals surface area contributed by atoms with Crippen molar-refractivity contribution in [2.45, 2.75) is 20.3 Å². The second-order valence-corrected chi connectivity index (χ2v) is 8.73. The fourth-order valence-corrected chi connectivity index (χ4v) is 4.34. The molecule has 2 aromatic carbocycles. The number of rotatable bonds is 8. The van der Waals surface area contributed by atoms with Crippen LogP contribution < -0.4 is 19.3 Å². The molecule has 0 radical (unpaired) electrons. The molecule has 0 aliphatic heterocycles. The number of quaternary nitrogens is 1. The lowest BCUT2D eigenvalue weighted by Gasteiger charge is -2.21. The summed E-state index contributed by atoms with van der Waals surface area (Å²) in [5.41, 5.74) is 3.85. The Kier molecular flexibility index (Phi) is 6.95. The molecular weight excluding hydrogens is 398 g/mol. The fraction of sp³-hybridized carbons (Fsp3) is 0.391. The van der Waals surface area contributed by atoms with Crippen LogP contribution >= 0.6 is 11.3 Å². The Bertz CT molecular complexity index is 1020. The van der Waals surface area contributed by atoms with Crippen LogP contribution in [0.25, 0.3) is 10.2 Å². The molecular formula is C23H30N3O3S+. The number of aryl methyl sites for hydroxylation is 2. The van der Waals surface area contributed by atoms with Gasteiger partial charge in [-0.2, -0.15) is 0 Å². The van der Waals surface area contributed by atoms with E-state index in [0.29, 0.717) is 23.6 Å². The van der Waals surface area contributed by atoms with Crippen LogP contribution in [-0.2, 0) is 0 Å². The fourth-order valence-electron chi connectivity index (χ4n) is 3.29. The number of ether oxygens (including phenoxy) is 2. The van der Waals surface area contributed by atoms with Crippen molar-refractivity contribution in [3.63, 3.8) is 0 Å². The maximum Gasteiger partial charge on any atom is 0.260 e. The average molecular weight is 429 g/mol. The van der Waals surface area contributed by atoms with Crippen LogP contribution in [0.3, 0.4) is 0 Å². The van der Waals surface area contributed by atoms with Crippen molar-refractivity contribution in [1.82, 2.24) is 4.98 Å². The van der Waals surface area contributed by atoms with Crippen molar-refractivity contribution in [1.29, 1.82) is 0 Å². The number of thiazole rings is 1. The second-order valence-electron chi connectivity index (χ2n) is 7.72. The number of nitrogens with one attached hydrogen (secondary N) is 1. The molecule has 0 saturated carbocycles. The summed E-state index contributed by atoms with van der Waals surface area (Å²) < 4.78 is 11.8. The Morgan fingerprint density at radius 3 is 2.37 bits per heavy atom. The maximum absolute atomic E-state index is 13.6. The van der Waals surface area contributed by atoms with E-state index in [1.165, 1.54) is 10.5 Å². The minimum Gasteiger partial charge on any atom is -0.497 e. The standard InChI is InChI=1S/C23H29N3O3S/c1-15-8-9-20-21(16(15)2)24-23(30-20)26(11-7-10-25(3)4)22(27)17-12-18(28-5)14-19(13-17)29-6/h8-9,12-14H,7,10-11H2,1-6H3/p+1. The van der Waals surface area contributed by atoms with Crippen molar-refractivity contribution in [3.05, 3.63) is 47.0 Å². The van der Waals surface area contributed by atoms with Crippen LogP contribution in [-0.4, -0.2) is 52.3 Å². The van der Waals surface area contributed by atoms with E-state index in [2.05, 4.69) is 40.1 Å². The number of benzene rings is 2. The average Bonchev–Trinajstić information content (AvgIpc) is 3.17. The molecule has 0 unspecified atom stereocenters. The van der Waals surface area contributed by atoms with Gasteiger partial charge in [-0.05, 0) is 43.2 Å². The molecule has 0 saturated heterocycles. The zero-order valence-electron chi connectivity index (χ0n) is 18.5. The van der Waals surface area contributed by atoms with Gasteiger partial charge in [0.1, 0.15) is 11.5 Å². The van der Waals surface area contributed by atoms with Crippen molar-refractivity contribution >= 4 is 32.6 Å². The Balaban J connectivity index is 2.02. The summed E-state index contributed by atoms with van der Waals surface area (Å²) in [5.74, 6) is 1.08. The number of anilines is 1. The third-order valence-electron chi connectivity index (χ3n) is 5.21. The highest BCUT2D eigenvalue weighted by Crippen LogP contribution is 2.33. The van der Waals surface area contributed by atoms with Crippen LogP contribution in [0.4, 0.5) is 5.13 Å². The Morgan fingerprint density at radius 2 is 1.77 bits per heavy atom. The Hall–Kier alpha value is -2.64. The zero-order valence-corrected chi connectivity index (χ0v) is 19.4. The smallest absolute Gasteiger partial charge is 0.260 e. The SMILES string of the molecule is COc1cc(OC)cc(C(=O)N(CCC[NH+](C)C)c2nc3c(C)c(C)ccc3s2)c1. The van der Waals surface area contributed by atoms with E-state index in [1.54, 1.807) is 48.7 Å². The Labute approximate surface area is 182 Å². The van der Waals surface area contributed by atoms with Gasteiger partial charge in [0, 0.05) is 24.6 Å². The lowest BCUT2D eigenvalue weighted by molar-refractivity contribution is -0.858. The van der Waals surface area contributed by atoms with Gasteiger partial charge < -0.3 is 14.4 Å². The summed E-state index contributed by atoms with van der Waals surface area (Å²) in [4.78, 5) is 21.6. The number of amides is 1. The van der Waals surface area contributed by atoms with E-state index in [4.69, 9.17) is 14.5 Å². The van der Waals surface area contributed by atoms with Crippen molar-refractivity contribution in [2.24, 2.45) is 0 Å². The predicted molar refractivity (Wildman–Crippen MR) is 123 cm³/mol. The molecule has 1 aromatic heterocycles. The first-order chi connectivity index (χ1) is 14.3. The van der Waals surface area contributed by atoms with E-state index < -0.39 is 0 Å². The summed E-state index contributed by atoms with van der Waals surface area (Å²) in [7, 11) is 7.39. The molecule has 0 aliphatic rings. The van der Waals surface area contributed by atoms with E-state index in [9.17, 15) is 4.79 Å². The van der Waals surface area contributed by atoms with Crippen LogP contribution in [0.1, 0.15) is 27.9 Å². The van der Waals surface area contributed by atoms with Gasteiger partial charge in [-0.1, -0.05) is 17.4 Å². The zero-order chi connectivity index (χ0) is 21.8. The maximum atomic E-state index is 13.6. The van der Waals surface area contributed by atoms with Gasteiger partial charge in [0.05, 0.1) is 45.1 Å². The van der Waals surface area contributed by atoms with E-state index in [0.717, 1.165) is 33.9 Å². The highest BCUT2D eigenvalue weighted by molar-refractivity contribution is 7.22. The molecule has 1 heterocycles. The number of hydrogen-bond donors (Lipinski definition) is 1. The highest BCUT2D eigenvalue weighted by atomic mass is 32.1. The molecule has 0 aliphatic carbocycles. The van der Waals surface area contributed by atoms with Crippen LogP contribution in [0.2, 0.25) is 0 Å². The van der Waals surface area contributed by atoms with Crippen molar-refractivity contribution < 1.29 is 19.2 Å². The van der Waals surface area contributed by atoms with Crippen molar-refractivity contribution in [2.75, 3.05) is 46.3 Å². The number of hydrogen-bond acceptors (Lipinski definition) is 5. The van der Waals surface area contributed by atoms with E-state index >= 15 is 0 Å². The minimum absolute atomic E-state index is 0.102. The highest BCUT2D eigenvalue weighted by Gasteiger charge is 2.23. The number of methoxy groups -OCH3 is 2. The first-order valence-corrected chi connectivity index (χ1v) is 10.9. The molecule has 0 bridgehead atoms. The number of nitrogens with zero attached hydrogens (tertiary/aromatic N) is 2. The number of carbonyl (C=O) groups excluding carboxylic acids is 1. The van der Waals surface area contributed by atoms with Gasteiger partial charge in [-0.3, -0.25) is 9.69 Å². The molecule has 6 nitrogen and oxygen atoms in total. The number of aromatic nitrogens is 1. The molecule has 30 heavy (non-hydrogen) atoms. The first-order valence-electron chi connectivity index (χ1n) is 10.0. The molecule has 0 spiro atoms. The predicted octanol–water partition coefficient (Wildman–Crippen LogP) is 3.11. The van der Waals surface area contributed by atoms with Crippen LogP contribution in [0.5, 0.6) is 11.5 Å². The normalized spacial score (nSPS) is 11.2. The van der Waals surface area contributed by atoms with Crippen LogP contribution in [0, 0.1) is 13.8 Å². The number of carbonyl (C=O) groups is 1. The molecule has 160 valence electrons. The van der Waals surface area contributed by atoms with Crippen LogP contribution in [0.15, 0.2) is 30.3 Å². The van der Waals surface area contributed by atoms with Gasteiger partial charge >= 0.3 is 0 Å². The Morgan fingerprint density at radius 1 is 1.10 bits per heavy atom. The first kappa shape index (κ1) is 22.1. The topological polar surface area (TPSA) is 56.1 Å². The summed E-state index contributed by atoms with van der Waals surface area (Å²) >= 11 is 1.55. The lowest BCUT2D eigenvalue weighted by atomic mass is 10.1. The molecule has 3 rings (SSSR count). The second kappa shape index (κ2) is 9.45. The van der Waals surface area contributed by atoms with Gasteiger partial charge in [-0.25, -0.2) is 4.98 Å². The van der Waals surface area contributed by atoms with Gasteiger partial charge in [-0.15, -0.1) is 0 Å².